The van der Waals surface area contributed by atoms with Gasteiger partial charge >= 0.3 is 16.5 Å². The zero-order valence-corrected chi connectivity index (χ0v) is 20.8. The van der Waals surface area contributed by atoms with E-state index in [0.717, 1.165) is 16.8 Å². The maximum atomic E-state index is 13.4. The van der Waals surface area contributed by atoms with Crippen molar-refractivity contribution in [2.45, 2.75) is 37.8 Å². The smallest absolute Gasteiger partial charge is 0.390 e. The van der Waals surface area contributed by atoms with E-state index in [1.54, 1.807) is 0 Å². The number of carbonyl (C=O) groups is 1. The number of rotatable bonds is 9. The minimum Gasteiger partial charge on any atom is -0.390 e. The van der Waals surface area contributed by atoms with Crippen LogP contribution in [0, 0.1) is 17.7 Å². The van der Waals surface area contributed by atoms with Crippen LogP contribution in [0.3, 0.4) is 0 Å². The lowest BCUT2D eigenvalue weighted by Crippen LogP contribution is -2.31. The Balaban J connectivity index is 1.51. The number of hydrogen-bond acceptors (Lipinski definition) is 9. The van der Waals surface area contributed by atoms with Crippen molar-refractivity contribution in [2.24, 2.45) is 17.0 Å². The van der Waals surface area contributed by atoms with Gasteiger partial charge in [-0.15, -0.1) is 0 Å². The third-order valence-electron chi connectivity index (χ3n) is 6.45. The SMILES string of the molecule is NS(=O)(=O)OC[C@H]1C[C@@H](Cc2ncncc2C(=O)c2ccn(Cc3ccc(F)cc3C(F)(F)F)n2)[C@H](O)[C@@H]1O. The molecule has 1 aliphatic carbocycles. The molecule has 0 radical (unpaired) electrons. The first-order valence-electron chi connectivity index (χ1n) is 11.5. The van der Waals surface area contributed by atoms with Gasteiger partial charge in [0, 0.05) is 18.3 Å². The number of nitrogens with two attached hydrogens (primary N) is 1. The van der Waals surface area contributed by atoms with Gasteiger partial charge in [-0.25, -0.2) is 19.5 Å². The Hall–Kier alpha value is -3.31. The van der Waals surface area contributed by atoms with Gasteiger partial charge in [0.05, 0.1) is 42.2 Å². The van der Waals surface area contributed by atoms with E-state index in [4.69, 9.17) is 5.14 Å². The number of carbonyl (C=O) groups excluding carboxylic acids is 1. The molecule has 0 unspecified atom stereocenters. The first-order valence-corrected chi connectivity index (χ1v) is 13.0. The third-order valence-corrected chi connectivity index (χ3v) is 6.91. The zero-order valence-electron chi connectivity index (χ0n) is 20.0. The fourth-order valence-corrected chi connectivity index (χ4v) is 4.93. The number of hydrogen-bond donors (Lipinski definition) is 3. The van der Waals surface area contributed by atoms with Gasteiger partial charge in [0.2, 0.25) is 5.78 Å². The summed E-state index contributed by atoms with van der Waals surface area (Å²) < 4.78 is 81.2. The number of ketones is 1. The topological polar surface area (TPSA) is 171 Å². The summed E-state index contributed by atoms with van der Waals surface area (Å²) in [4.78, 5) is 21.2. The van der Waals surface area contributed by atoms with E-state index in [2.05, 4.69) is 19.2 Å². The number of halogens is 4. The fourth-order valence-electron chi connectivity index (χ4n) is 4.57. The average Bonchev–Trinajstić information content (AvgIpc) is 3.43. The Morgan fingerprint density at radius 2 is 1.90 bits per heavy atom. The van der Waals surface area contributed by atoms with Crippen molar-refractivity contribution in [2.75, 3.05) is 6.61 Å². The Kier molecular flexibility index (Phi) is 8.13. The summed E-state index contributed by atoms with van der Waals surface area (Å²) in [5.74, 6) is -3.04. The molecule has 3 aromatic rings. The molecular formula is C23H23F4N5O6S. The zero-order chi connectivity index (χ0) is 28.5. The summed E-state index contributed by atoms with van der Waals surface area (Å²) in [5.41, 5.74) is -1.29. The molecule has 0 saturated heterocycles. The normalized spacial score (nSPS) is 21.8. The van der Waals surface area contributed by atoms with Gasteiger partial charge in [-0.2, -0.15) is 26.7 Å². The number of alkyl halides is 3. The molecule has 39 heavy (non-hydrogen) atoms. The molecule has 210 valence electrons. The molecule has 1 fully saturated rings. The van der Waals surface area contributed by atoms with Gasteiger partial charge in [-0.05, 0) is 42.5 Å². The number of aliphatic hydroxyl groups excluding tert-OH is 2. The van der Waals surface area contributed by atoms with Crippen molar-refractivity contribution in [3.8, 4) is 0 Å². The van der Waals surface area contributed by atoms with Crippen LogP contribution in [0.5, 0.6) is 0 Å². The van der Waals surface area contributed by atoms with Gasteiger partial charge in [0.15, 0.2) is 0 Å². The van der Waals surface area contributed by atoms with Crippen molar-refractivity contribution in [3.63, 3.8) is 0 Å². The highest BCUT2D eigenvalue weighted by atomic mass is 32.2. The Labute approximate surface area is 219 Å². The van der Waals surface area contributed by atoms with Crippen molar-refractivity contribution < 1.29 is 45.2 Å². The first kappa shape index (κ1) is 28.7. The predicted octanol–water partition coefficient (Wildman–Crippen LogP) is 1.23. The van der Waals surface area contributed by atoms with Crippen LogP contribution < -0.4 is 5.14 Å². The van der Waals surface area contributed by atoms with E-state index in [0.29, 0.717) is 6.07 Å². The minimum absolute atomic E-state index is 0.0128. The molecule has 0 amide bonds. The van der Waals surface area contributed by atoms with Crippen LogP contribution in [-0.4, -0.2) is 63.0 Å². The minimum atomic E-state index is -4.79. The number of aromatic nitrogens is 4. The van der Waals surface area contributed by atoms with Crippen LogP contribution in [0.4, 0.5) is 17.6 Å². The molecule has 0 bridgehead atoms. The molecule has 1 saturated carbocycles. The molecule has 16 heteroatoms. The molecule has 1 aromatic carbocycles. The van der Waals surface area contributed by atoms with Gasteiger partial charge < -0.3 is 10.2 Å². The second-order valence-electron chi connectivity index (χ2n) is 9.13. The second kappa shape index (κ2) is 11.1. The van der Waals surface area contributed by atoms with Gasteiger partial charge in [-0.1, -0.05) is 6.07 Å². The Morgan fingerprint density at radius 3 is 2.59 bits per heavy atom. The molecule has 11 nitrogen and oxygen atoms in total. The molecule has 2 aromatic heterocycles. The fraction of sp³-hybridized carbons (Fsp3) is 0.391. The van der Waals surface area contributed by atoms with Gasteiger partial charge in [-0.3, -0.25) is 13.7 Å². The van der Waals surface area contributed by atoms with Crippen LogP contribution in [0.1, 0.15) is 39.3 Å². The van der Waals surface area contributed by atoms with Crippen LogP contribution in [0.15, 0.2) is 43.0 Å². The molecule has 1 aliphatic rings. The second-order valence-corrected chi connectivity index (χ2v) is 10.3. The number of benzene rings is 1. The molecule has 4 N–H and O–H groups in total. The van der Waals surface area contributed by atoms with Crippen molar-refractivity contribution in [1.82, 2.24) is 19.7 Å². The average molecular weight is 574 g/mol. The van der Waals surface area contributed by atoms with E-state index >= 15 is 0 Å². The van der Waals surface area contributed by atoms with Crippen molar-refractivity contribution in [1.29, 1.82) is 0 Å². The molecule has 0 spiro atoms. The highest BCUT2D eigenvalue weighted by Gasteiger charge is 2.42. The lowest BCUT2D eigenvalue weighted by molar-refractivity contribution is -0.138. The quantitative estimate of drug-likeness (QED) is 0.252. The third kappa shape index (κ3) is 6.83. The van der Waals surface area contributed by atoms with E-state index in [1.165, 1.54) is 24.8 Å². The monoisotopic (exact) mass is 573 g/mol. The van der Waals surface area contributed by atoms with Crippen LogP contribution in [-0.2, 0) is 33.6 Å². The molecule has 2 heterocycles. The standard InChI is InChI=1S/C23H23F4N5O6S/c24-15-2-1-12(17(7-15)23(25,26)27)9-32-4-3-18(31-32)22(35)16-8-29-11-30-19(16)6-13-5-14(21(34)20(13)33)10-38-39(28,36)37/h1-4,7-8,11,13-14,20-21,33-34H,5-6,9-10H2,(H2,28,36,37)/t13-,14+,20-,21+/m0/s1. The summed E-state index contributed by atoms with van der Waals surface area (Å²) in [7, 11) is -4.25. The maximum Gasteiger partial charge on any atom is 0.416 e. The highest BCUT2D eigenvalue weighted by molar-refractivity contribution is 7.84. The Morgan fingerprint density at radius 1 is 1.18 bits per heavy atom. The number of aliphatic hydroxyl groups is 2. The predicted molar refractivity (Wildman–Crippen MR) is 125 cm³/mol. The van der Waals surface area contributed by atoms with Crippen molar-refractivity contribution in [3.05, 3.63) is 76.9 Å². The lowest BCUT2D eigenvalue weighted by Gasteiger charge is -2.17. The first-order chi connectivity index (χ1) is 18.2. The Bertz CT molecular complexity index is 1470. The van der Waals surface area contributed by atoms with Crippen molar-refractivity contribution >= 4 is 16.1 Å². The van der Waals surface area contributed by atoms with E-state index in [-0.39, 0.29) is 41.9 Å². The van der Waals surface area contributed by atoms with Crippen LogP contribution >= 0.6 is 0 Å². The summed E-state index contributed by atoms with van der Waals surface area (Å²) in [5, 5.41) is 29.6. The maximum absolute atomic E-state index is 13.4. The molecule has 0 aliphatic heterocycles. The molecule has 4 atom stereocenters. The van der Waals surface area contributed by atoms with E-state index in [1.807, 2.05) is 0 Å². The largest absolute Gasteiger partial charge is 0.416 e. The van der Waals surface area contributed by atoms with E-state index < -0.39 is 64.3 Å². The summed E-state index contributed by atoms with van der Waals surface area (Å²) >= 11 is 0. The van der Waals surface area contributed by atoms with Crippen LogP contribution in [0.25, 0.3) is 0 Å². The van der Waals surface area contributed by atoms with Gasteiger partial charge in [0.25, 0.3) is 0 Å². The molecule has 4 rings (SSSR count). The summed E-state index contributed by atoms with van der Waals surface area (Å²) in [6.07, 6.45) is -3.50. The van der Waals surface area contributed by atoms with E-state index in [9.17, 15) is 41.0 Å². The number of nitrogens with zero attached hydrogens (tertiary/aromatic N) is 4. The summed E-state index contributed by atoms with van der Waals surface area (Å²) in [6, 6.07) is 3.57. The summed E-state index contributed by atoms with van der Waals surface area (Å²) in [6.45, 7) is -0.820. The van der Waals surface area contributed by atoms with Crippen LogP contribution in [0.2, 0.25) is 0 Å². The van der Waals surface area contributed by atoms with Gasteiger partial charge in [0.1, 0.15) is 17.8 Å². The highest BCUT2D eigenvalue weighted by Crippen LogP contribution is 2.35. The molecular weight excluding hydrogens is 550 g/mol. The lowest BCUT2D eigenvalue weighted by atomic mass is 9.95.